The van der Waals surface area contributed by atoms with Crippen molar-refractivity contribution in [3.63, 3.8) is 0 Å². The molecule has 1 heterocycles. The molecule has 22 heavy (non-hydrogen) atoms. The van der Waals surface area contributed by atoms with Crippen molar-refractivity contribution < 1.29 is 14.3 Å². The Balaban J connectivity index is 1.96. The van der Waals surface area contributed by atoms with Gasteiger partial charge in [-0.15, -0.1) is 0 Å². The van der Waals surface area contributed by atoms with E-state index in [2.05, 4.69) is 0 Å². The van der Waals surface area contributed by atoms with Crippen LogP contribution in [0.2, 0.25) is 0 Å². The lowest BCUT2D eigenvalue weighted by atomic mass is 10.1. The summed E-state index contributed by atoms with van der Waals surface area (Å²) in [5, 5.41) is 9.11. The van der Waals surface area contributed by atoms with Crippen molar-refractivity contribution in [2.24, 2.45) is 0 Å². The summed E-state index contributed by atoms with van der Waals surface area (Å²) in [4.78, 5) is 24.2. The number of benzene rings is 2. The average molecular weight is 297 g/mol. The van der Waals surface area contributed by atoms with Gasteiger partial charge in [0.05, 0.1) is 18.7 Å². The monoisotopic (exact) mass is 297 g/mol. The van der Waals surface area contributed by atoms with Crippen molar-refractivity contribution in [2.45, 2.75) is 20.1 Å². The molecule has 5 nitrogen and oxygen atoms in total. The molecule has 3 rings (SSSR count). The highest BCUT2D eigenvalue weighted by Crippen LogP contribution is 2.16. The molecule has 0 saturated heterocycles. The SMILES string of the molecule is Cc1ccc(C(=O)Cn2c(=O)oc3cc(CO)ccc32)cc1. The second kappa shape index (κ2) is 5.61. The third kappa shape index (κ3) is 2.58. The maximum absolute atomic E-state index is 12.3. The molecule has 0 aliphatic heterocycles. The van der Waals surface area contributed by atoms with Gasteiger partial charge in [0.2, 0.25) is 0 Å². The summed E-state index contributed by atoms with van der Waals surface area (Å²) in [6.45, 7) is 1.74. The van der Waals surface area contributed by atoms with E-state index in [1.807, 2.05) is 19.1 Å². The normalized spacial score (nSPS) is 11.0. The number of aliphatic hydroxyl groups is 1. The summed E-state index contributed by atoms with van der Waals surface area (Å²) in [5.41, 5.74) is 3.19. The van der Waals surface area contributed by atoms with Crippen LogP contribution < -0.4 is 5.76 Å². The number of hydrogen-bond acceptors (Lipinski definition) is 4. The number of carbonyl (C=O) groups excluding carboxylic acids is 1. The topological polar surface area (TPSA) is 72.4 Å². The predicted molar refractivity (Wildman–Crippen MR) is 81.9 cm³/mol. The number of aryl methyl sites for hydroxylation is 1. The van der Waals surface area contributed by atoms with Crippen LogP contribution in [0.4, 0.5) is 0 Å². The maximum Gasteiger partial charge on any atom is 0.420 e. The molecule has 0 fully saturated rings. The van der Waals surface area contributed by atoms with E-state index < -0.39 is 5.76 Å². The number of carbonyl (C=O) groups is 1. The van der Waals surface area contributed by atoms with Crippen LogP contribution in [-0.2, 0) is 13.2 Å². The van der Waals surface area contributed by atoms with Gasteiger partial charge in [0.15, 0.2) is 11.4 Å². The molecule has 0 unspecified atom stereocenters. The van der Waals surface area contributed by atoms with Crippen molar-refractivity contribution in [1.82, 2.24) is 4.57 Å². The first-order valence-corrected chi connectivity index (χ1v) is 6.91. The molecule has 1 N–H and O–H groups in total. The van der Waals surface area contributed by atoms with E-state index in [1.165, 1.54) is 4.57 Å². The Morgan fingerprint density at radius 2 is 1.91 bits per heavy atom. The minimum atomic E-state index is -0.578. The number of Topliss-reactive ketones (excluding diaryl/α,β-unsaturated/α-hetero) is 1. The van der Waals surface area contributed by atoms with E-state index in [0.717, 1.165) is 5.56 Å². The zero-order valence-corrected chi connectivity index (χ0v) is 12.1. The van der Waals surface area contributed by atoms with Crippen LogP contribution in [0.25, 0.3) is 11.1 Å². The van der Waals surface area contributed by atoms with Crippen molar-refractivity contribution in [1.29, 1.82) is 0 Å². The second-order valence-corrected chi connectivity index (χ2v) is 5.20. The van der Waals surface area contributed by atoms with E-state index in [4.69, 9.17) is 9.52 Å². The first kappa shape index (κ1) is 14.3. The van der Waals surface area contributed by atoms with E-state index in [1.54, 1.807) is 30.3 Å². The lowest BCUT2D eigenvalue weighted by molar-refractivity contribution is 0.0970. The number of oxazole rings is 1. The molecule has 0 amide bonds. The number of nitrogens with zero attached hydrogens (tertiary/aromatic N) is 1. The summed E-state index contributed by atoms with van der Waals surface area (Å²) in [6.07, 6.45) is 0. The number of fused-ring (bicyclic) bond motifs is 1. The predicted octanol–water partition coefficient (Wildman–Crippen LogP) is 2.28. The van der Waals surface area contributed by atoms with Gasteiger partial charge in [0.1, 0.15) is 0 Å². The van der Waals surface area contributed by atoms with Gasteiger partial charge in [-0.1, -0.05) is 35.9 Å². The first-order chi connectivity index (χ1) is 10.6. The third-order valence-corrected chi connectivity index (χ3v) is 3.59. The lowest BCUT2D eigenvalue weighted by Crippen LogP contribution is -2.20. The molecule has 0 aliphatic carbocycles. The Hall–Kier alpha value is -2.66. The average Bonchev–Trinajstić information content (AvgIpc) is 2.83. The molecule has 112 valence electrons. The van der Waals surface area contributed by atoms with Crippen LogP contribution >= 0.6 is 0 Å². The Labute approximate surface area is 126 Å². The zero-order valence-electron chi connectivity index (χ0n) is 12.1. The van der Waals surface area contributed by atoms with Crippen LogP contribution in [0, 0.1) is 6.92 Å². The molecule has 1 aromatic heterocycles. The highest BCUT2D eigenvalue weighted by molar-refractivity contribution is 5.96. The van der Waals surface area contributed by atoms with E-state index in [0.29, 0.717) is 22.2 Å². The quantitative estimate of drug-likeness (QED) is 0.750. The molecule has 0 spiro atoms. The molecular formula is C17H15NO4. The zero-order chi connectivity index (χ0) is 15.7. The van der Waals surface area contributed by atoms with Gasteiger partial charge in [0.25, 0.3) is 0 Å². The fourth-order valence-electron chi connectivity index (χ4n) is 2.33. The highest BCUT2D eigenvalue weighted by atomic mass is 16.4. The largest absolute Gasteiger partial charge is 0.420 e. The van der Waals surface area contributed by atoms with Gasteiger partial charge in [-0.05, 0) is 24.6 Å². The Morgan fingerprint density at radius 1 is 1.18 bits per heavy atom. The number of aromatic nitrogens is 1. The number of rotatable bonds is 4. The van der Waals surface area contributed by atoms with Gasteiger partial charge in [-0.25, -0.2) is 4.79 Å². The number of hydrogen-bond donors (Lipinski definition) is 1. The molecule has 2 aromatic carbocycles. The fourth-order valence-corrected chi connectivity index (χ4v) is 2.33. The van der Waals surface area contributed by atoms with Crippen molar-refractivity contribution >= 4 is 16.9 Å². The molecule has 5 heteroatoms. The van der Waals surface area contributed by atoms with E-state index in [9.17, 15) is 9.59 Å². The minimum Gasteiger partial charge on any atom is -0.408 e. The highest BCUT2D eigenvalue weighted by Gasteiger charge is 2.14. The summed E-state index contributed by atoms with van der Waals surface area (Å²) in [7, 11) is 0. The van der Waals surface area contributed by atoms with Crippen LogP contribution in [0.1, 0.15) is 21.5 Å². The number of ketones is 1. The van der Waals surface area contributed by atoms with Crippen molar-refractivity contribution in [2.75, 3.05) is 0 Å². The van der Waals surface area contributed by atoms with Crippen LogP contribution in [0.3, 0.4) is 0 Å². The van der Waals surface area contributed by atoms with Gasteiger partial charge >= 0.3 is 5.76 Å². The van der Waals surface area contributed by atoms with Crippen LogP contribution in [-0.4, -0.2) is 15.5 Å². The smallest absolute Gasteiger partial charge is 0.408 e. The van der Waals surface area contributed by atoms with E-state index in [-0.39, 0.29) is 18.9 Å². The lowest BCUT2D eigenvalue weighted by Gasteiger charge is -2.03. The Bertz CT molecular complexity index is 887. The standard InChI is InChI=1S/C17H15NO4/c1-11-2-5-13(6-3-11)15(20)9-18-14-7-4-12(10-19)8-16(14)22-17(18)21/h2-8,19H,9-10H2,1H3. The molecule has 0 saturated carbocycles. The summed E-state index contributed by atoms with van der Waals surface area (Å²) >= 11 is 0. The van der Waals surface area contributed by atoms with E-state index >= 15 is 0 Å². The summed E-state index contributed by atoms with van der Waals surface area (Å²) < 4.78 is 6.45. The van der Waals surface area contributed by atoms with Gasteiger partial charge < -0.3 is 9.52 Å². The Morgan fingerprint density at radius 3 is 2.59 bits per heavy atom. The molecule has 0 bridgehead atoms. The second-order valence-electron chi connectivity index (χ2n) is 5.20. The fraction of sp³-hybridized carbons (Fsp3) is 0.176. The van der Waals surface area contributed by atoms with Crippen LogP contribution in [0.15, 0.2) is 51.7 Å². The molecule has 0 atom stereocenters. The molecule has 3 aromatic rings. The summed E-state index contributed by atoms with van der Waals surface area (Å²) in [6, 6.07) is 12.2. The van der Waals surface area contributed by atoms with Gasteiger partial charge in [-0.2, -0.15) is 0 Å². The van der Waals surface area contributed by atoms with Crippen LogP contribution in [0.5, 0.6) is 0 Å². The van der Waals surface area contributed by atoms with Gasteiger partial charge in [-0.3, -0.25) is 9.36 Å². The molecule has 0 radical (unpaired) electrons. The van der Waals surface area contributed by atoms with Crippen molar-refractivity contribution in [3.05, 3.63) is 69.7 Å². The third-order valence-electron chi connectivity index (χ3n) is 3.59. The maximum atomic E-state index is 12.3. The minimum absolute atomic E-state index is 0.0760. The van der Waals surface area contributed by atoms with Gasteiger partial charge in [0, 0.05) is 5.56 Å². The number of aliphatic hydroxyl groups excluding tert-OH is 1. The molecular weight excluding hydrogens is 282 g/mol. The first-order valence-electron chi connectivity index (χ1n) is 6.91. The van der Waals surface area contributed by atoms with Crippen molar-refractivity contribution in [3.8, 4) is 0 Å². The summed E-state index contributed by atoms with van der Waals surface area (Å²) in [5.74, 6) is -0.735. The Kier molecular flexibility index (Phi) is 3.65. The molecule has 0 aliphatic rings.